The zero-order valence-electron chi connectivity index (χ0n) is 12.9. The van der Waals surface area contributed by atoms with Gasteiger partial charge in [-0.05, 0) is 40.0 Å². The highest BCUT2D eigenvalue weighted by Crippen LogP contribution is 2.39. The molecule has 0 saturated carbocycles. The van der Waals surface area contributed by atoms with Crippen molar-refractivity contribution in [1.82, 2.24) is 10.2 Å². The number of benzene rings is 1. The van der Waals surface area contributed by atoms with E-state index in [1.165, 1.54) is 0 Å². The van der Waals surface area contributed by atoms with E-state index in [1.54, 1.807) is 14.2 Å². The van der Waals surface area contributed by atoms with Crippen LogP contribution >= 0.6 is 28.3 Å². The van der Waals surface area contributed by atoms with Crippen LogP contribution in [0.2, 0.25) is 0 Å². The van der Waals surface area contributed by atoms with Crippen LogP contribution in [0.5, 0.6) is 11.5 Å². The fourth-order valence-electron chi connectivity index (χ4n) is 2.74. The quantitative estimate of drug-likeness (QED) is 0.799. The van der Waals surface area contributed by atoms with Crippen molar-refractivity contribution >= 4 is 28.3 Å². The third-order valence-electron chi connectivity index (χ3n) is 3.83. The summed E-state index contributed by atoms with van der Waals surface area (Å²) in [5.74, 6) is 1.42. The van der Waals surface area contributed by atoms with Gasteiger partial charge >= 0.3 is 0 Å². The first-order chi connectivity index (χ1) is 10.2. The number of nitrogens with zero attached hydrogens (tertiary/aromatic N) is 1. The van der Waals surface area contributed by atoms with E-state index in [2.05, 4.69) is 26.1 Å². The average molecular weight is 398 g/mol. The lowest BCUT2D eigenvalue weighted by Gasteiger charge is -2.35. The lowest BCUT2D eigenvalue weighted by Crippen LogP contribution is -2.45. The van der Waals surface area contributed by atoms with Gasteiger partial charge in [-0.3, -0.25) is 9.29 Å². The minimum atomic E-state index is -0.338. The van der Waals surface area contributed by atoms with Crippen LogP contribution in [0, 0.1) is 0 Å². The maximum Gasteiger partial charge on any atom is 0.137 e. The normalized spacial score (nSPS) is 16.7. The molecule has 1 aliphatic rings. The van der Waals surface area contributed by atoms with Gasteiger partial charge in [0.2, 0.25) is 0 Å². The van der Waals surface area contributed by atoms with Crippen LogP contribution in [0.15, 0.2) is 16.6 Å². The SMILES string of the molecule is COc1cc([C@@H](CCF)N2CCNCC2)cc(OC)c1Br.Cl. The molecule has 0 aromatic heterocycles. The van der Waals surface area contributed by atoms with Gasteiger partial charge in [-0.1, -0.05) is 0 Å². The molecule has 126 valence electrons. The van der Waals surface area contributed by atoms with E-state index < -0.39 is 0 Å². The Morgan fingerprint density at radius 1 is 1.23 bits per heavy atom. The second-order valence-corrected chi connectivity index (χ2v) is 5.81. The molecule has 1 fully saturated rings. The Hall–Kier alpha value is -0.560. The number of alkyl halides is 1. The van der Waals surface area contributed by atoms with Crippen LogP contribution in [0.3, 0.4) is 0 Å². The van der Waals surface area contributed by atoms with E-state index in [0.29, 0.717) is 17.9 Å². The predicted molar refractivity (Wildman–Crippen MR) is 92.3 cm³/mol. The second kappa shape index (κ2) is 9.55. The van der Waals surface area contributed by atoms with Gasteiger partial charge in [0.25, 0.3) is 0 Å². The van der Waals surface area contributed by atoms with Crippen LogP contribution < -0.4 is 14.8 Å². The topological polar surface area (TPSA) is 33.7 Å². The molecule has 1 saturated heterocycles. The molecule has 1 aromatic rings. The number of nitrogens with one attached hydrogen (secondary N) is 1. The molecule has 1 N–H and O–H groups in total. The van der Waals surface area contributed by atoms with Gasteiger partial charge in [0, 0.05) is 32.2 Å². The van der Waals surface area contributed by atoms with E-state index >= 15 is 0 Å². The first-order valence-electron chi connectivity index (χ1n) is 7.13. The smallest absolute Gasteiger partial charge is 0.137 e. The molecular weight excluding hydrogens is 375 g/mol. The van der Waals surface area contributed by atoms with Gasteiger partial charge in [-0.15, -0.1) is 12.4 Å². The van der Waals surface area contributed by atoms with Crippen LogP contribution in [-0.2, 0) is 0 Å². The highest BCUT2D eigenvalue weighted by molar-refractivity contribution is 9.10. The van der Waals surface area contributed by atoms with E-state index in [4.69, 9.17) is 9.47 Å². The molecule has 0 unspecified atom stereocenters. The Balaban J connectivity index is 0.00000242. The van der Waals surface area contributed by atoms with Gasteiger partial charge in [-0.25, -0.2) is 0 Å². The standard InChI is InChI=1S/C15H22BrFN2O2.ClH/c1-20-13-9-11(10-14(21-2)15(13)16)12(3-4-17)19-7-5-18-6-8-19;/h9-10,12,18H,3-8H2,1-2H3;1H/t12-;/m1./s1. The molecule has 22 heavy (non-hydrogen) atoms. The van der Waals surface area contributed by atoms with Crippen molar-refractivity contribution in [3.8, 4) is 11.5 Å². The maximum atomic E-state index is 13.0. The molecule has 0 radical (unpaired) electrons. The number of halogens is 3. The predicted octanol–water partition coefficient (Wildman–Crippen LogP) is 3.19. The fraction of sp³-hybridized carbons (Fsp3) is 0.600. The Morgan fingerprint density at radius 2 is 1.77 bits per heavy atom. The minimum absolute atomic E-state index is 0. The third kappa shape index (κ3) is 4.47. The number of methoxy groups -OCH3 is 2. The summed E-state index contributed by atoms with van der Waals surface area (Å²) in [7, 11) is 3.25. The number of rotatable bonds is 6. The van der Waals surface area contributed by atoms with Crippen LogP contribution in [-0.4, -0.2) is 52.0 Å². The summed E-state index contributed by atoms with van der Waals surface area (Å²) < 4.78 is 24.6. The van der Waals surface area contributed by atoms with Gasteiger partial charge in [0.05, 0.1) is 20.9 Å². The summed E-state index contributed by atoms with van der Waals surface area (Å²) in [5, 5.41) is 3.33. The number of hydrogen-bond donors (Lipinski definition) is 1. The van der Waals surface area contributed by atoms with E-state index in [-0.39, 0.29) is 25.1 Å². The van der Waals surface area contributed by atoms with Gasteiger partial charge in [0.1, 0.15) is 16.0 Å². The first-order valence-corrected chi connectivity index (χ1v) is 7.92. The zero-order chi connectivity index (χ0) is 15.2. The maximum absolute atomic E-state index is 13.0. The van der Waals surface area contributed by atoms with Crippen molar-refractivity contribution in [1.29, 1.82) is 0 Å². The Kier molecular flexibility index (Phi) is 8.46. The lowest BCUT2D eigenvalue weighted by molar-refractivity contribution is 0.157. The third-order valence-corrected chi connectivity index (χ3v) is 4.61. The Bertz CT molecular complexity index is 448. The molecule has 7 heteroatoms. The molecule has 1 aromatic carbocycles. The van der Waals surface area contributed by atoms with Gasteiger partial charge in [0.15, 0.2) is 0 Å². The van der Waals surface area contributed by atoms with E-state index in [1.807, 2.05) is 12.1 Å². The van der Waals surface area contributed by atoms with E-state index in [9.17, 15) is 4.39 Å². The molecule has 4 nitrogen and oxygen atoms in total. The zero-order valence-corrected chi connectivity index (χ0v) is 15.3. The molecule has 0 bridgehead atoms. The average Bonchev–Trinajstić information content (AvgIpc) is 2.54. The summed E-state index contributed by atoms with van der Waals surface area (Å²) >= 11 is 3.47. The largest absolute Gasteiger partial charge is 0.495 e. The summed E-state index contributed by atoms with van der Waals surface area (Å²) in [5.41, 5.74) is 1.03. The number of ether oxygens (including phenoxy) is 2. The van der Waals surface area contributed by atoms with Gasteiger partial charge < -0.3 is 14.8 Å². The summed E-state index contributed by atoms with van der Waals surface area (Å²) in [6.45, 7) is 3.38. The molecule has 0 amide bonds. The van der Waals surface area contributed by atoms with Crippen LogP contribution in [0.25, 0.3) is 0 Å². The first kappa shape index (κ1) is 19.5. The number of piperazine rings is 1. The molecule has 2 rings (SSSR count). The molecule has 1 atom stereocenters. The minimum Gasteiger partial charge on any atom is -0.495 e. The summed E-state index contributed by atoms with van der Waals surface area (Å²) in [6, 6.07) is 3.98. The van der Waals surface area contributed by atoms with Crippen molar-refractivity contribution < 1.29 is 13.9 Å². The summed E-state index contributed by atoms with van der Waals surface area (Å²) in [4.78, 5) is 2.32. The molecule has 1 aliphatic heterocycles. The second-order valence-electron chi connectivity index (χ2n) is 5.02. The molecule has 0 spiro atoms. The molecule has 1 heterocycles. The monoisotopic (exact) mass is 396 g/mol. The van der Waals surface area contributed by atoms with Crippen LogP contribution in [0.4, 0.5) is 4.39 Å². The Labute approximate surface area is 145 Å². The molecule has 0 aliphatic carbocycles. The van der Waals surface area contributed by atoms with Crippen molar-refractivity contribution in [2.75, 3.05) is 47.1 Å². The number of hydrogen-bond acceptors (Lipinski definition) is 4. The van der Waals surface area contributed by atoms with E-state index in [0.717, 1.165) is 36.2 Å². The fourth-order valence-corrected chi connectivity index (χ4v) is 3.29. The van der Waals surface area contributed by atoms with Crippen molar-refractivity contribution in [2.45, 2.75) is 12.5 Å². The molecular formula is C15H23BrClFN2O2. The van der Waals surface area contributed by atoms with Crippen molar-refractivity contribution in [3.63, 3.8) is 0 Å². The highest BCUT2D eigenvalue weighted by atomic mass is 79.9. The Morgan fingerprint density at radius 3 is 2.23 bits per heavy atom. The van der Waals surface area contributed by atoms with Crippen LogP contribution in [0.1, 0.15) is 18.0 Å². The highest BCUT2D eigenvalue weighted by Gasteiger charge is 2.24. The summed E-state index contributed by atoms with van der Waals surface area (Å²) in [6.07, 6.45) is 0.480. The van der Waals surface area contributed by atoms with Crippen molar-refractivity contribution in [2.24, 2.45) is 0 Å². The van der Waals surface area contributed by atoms with Crippen molar-refractivity contribution in [3.05, 3.63) is 22.2 Å². The lowest BCUT2D eigenvalue weighted by atomic mass is 10.0. The van der Waals surface area contributed by atoms with Gasteiger partial charge in [-0.2, -0.15) is 0 Å².